The first-order valence-corrected chi connectivity index (χ1v) is 10.9. The van der Waals surface area contributed by atoms with Crippen molar-refractivity contribution in [3.63, 3.8) is 0 Å². The Morgan fingerprint density at radius 2 is 1.81 bits per heavy atom. The summed E-state index contributed by atoms with van der Waals surface area (Å²) >= 11 is 0. The van der Waals surface area contributed by atoms with Crippen LogP contribution in [-0.2, 0) is 20.9 Å². The number of rotatable bonds is 7. The van der Waals surface area contributed by atoms with E-state index in [1.807, 2.05) is 42.2 Å². The Balaban J connectivity index is 0.00000341. The molecule has 2 aliphatic heterocycles. The van der Waals surface area contributed by atoms with Crippen molar-refractivity contribution in [1.29, 1.82) is 0 Å². The van der Waals surface area contributed by atoms with E-state index in [-0.39, 0.29) is 41.9 Å². The van der Waals surface area contributed by atoms with Gasteiger partial charge < -0.3 is 25.2 Å². The zero-order chi connectivity index (χ0) is 21.2. The number of piperazine rings is 1. The van der Waals surface area contributed by atoms with E-state index in [9.17, 15) is 9.59 Å². The fourth-order valence-electron chi connectivity index (χ4n) is 3.69. The number of aliphatic imine (C=N–C) groups is 1. The average molecular weight is 543 g/mol. The number of guanidine groups is 1. The molecule has 8 nitrogen and oxygen atoms in total. The van der Waals surface area contributed by atoms with Crippen LogP contribution in [0.25, 0.3) is 0 Å². The molecule has 2 aliphatic rings. The van der Waals surface area contributed by atoms with Crippen LogP contribution in [0.2, 0.25) is 0 Å². The molecule has 1 aromatic rings. The largest absolute Gasteiger partial charge is 0.368 e. The highest BCUT2D eigenvalue weighted by Gasteiger charge is 2.30. The molecule has 1 unspecified atom stereocenters. The zero-order valence-electron chi connectivity index (χ0n) is 18.2. The highest BCUT2D eigenvalue weighted by molar-refractivity contribution is 14.0. The number of ether oxygens (including phenoxy) is 1. The molecule has 0 saturated carbocycles. The molecule has 2 saturated heterocycles. The van der Waals surface area contributed by atoms with E-state index in [1.165, 1.54) is 0 Å². The molecule has 0 radical (unpaired) electrons. The first-order chi connectivity index (χ1) is 14.7. The van der Waals surface area contributed by atoms with Crippen molar-refractivity contribution in [2.45, 2.75) is 38.8 Å². The number of amides is 2. The van der Waals surface area contributed by atoms with E-state index in [0.717, 1.165) is 44.0 Å². The Kier molecular flexibility index (Phi) is 11.1. The van der Waals surface area contributed by atoms with Crippen molar-refractivity contribution in [1.82, 2.24) is 20.4 Å². The molecule has 9 heteroatoms. The minimum absolute atomic E-state index is 0. The summed E-state index contributed by atoms with van der Waals surface area (Å²) in [6.07, 6.45) is 1.88. The number of carbonyl (C=O) groups excluding carboxylic acids is 2. The summed E-state index contributed by atoms with van der Waals surface area (Å²) in [5.41, 5.74) is 1.08. The Morgan fingerprint density at radius 1 is 1.10 bits per heavy atom. The van der Waals surface area contributed by atoms with Gasteiger partial charge in [0.25, 0.3) is 5.91 Å². The van der Waals surface area contributed by atoms with Gasteiger partial charge in [-0.25, -0.2) is 0 Å². The number of carbonyl (C=O) groups is 2. The van der Waals surface area contributed by atoms with Gasteiger partial charge in [-0.1, -0.05) is 30.3 Å². The molecule has 0 aliphatic carbocycles. The second kappa shape index (κ2) is 13.5. The van der Waals surface area contributed by atoms with Crippen LogP contribution in [0.3, 0.4) is 0 Å². The number of hydrogen-bond acceptors (Lipinski definition) is 4. The first kappa shape index (κ1) is 25.4. The maximum absolute atomic E-state index is 12.5. The highest BCUT2D eigenvalue weighted by Crippen LogP contribution is 2.16. The molecular formula is C22H34IN5O3. The minimum atomic E-state index is -0.257. The van der Waals surface area contributed by atoms with Crippen molar-refractivity contribution in [3.05, 3.63) is 35.9 Å². The van der Waals surface area contributed by atoms with Gasteiger partial charge in [0.15, 0.2) is 5.96 Å². The van der Waals surface area contributed by atoms with Gasteiger partial charge in [0.1, 0.15) is 6.10 Å². The van der Waals surface area contributed by atoms with Gasteiger partial charge in [-0.15, -0.1) is 24.0 Å². The molecule has 0 spiro atoms. The van der Waals surface area contributed by atoms with Gasteiger partial charge in [0.05, 0.1) is 6.54 Å². The highest BCUT2D eigenvalue weighted by atomic mass is 127. The van der Waals surface area contributed by atoms with E-state index in [2.05, 4.69) is 20.5 Å². The van der Waals surface area contributed by atoms with Crippen LogP contribution in [0.5, 0.6) is 0 Å². The third-order valence-electron chi connectivity index (χ3n) is 5.36. The van der Waals surface area contributed by atoms with E-state index in [4.69, 9.17) is 4.74 Å². The maximum atomic E-state index is 12.5. The summed E-state index contributed by atoms with van der Waals surface area (Å²) in [5, 5.41) is 6.23. The van der Waals surface area contributed by atoms with Gasteiger partial charge in [-0.3, -0.25) is 14.6 Å². The van der Waals surface area contributed by atoms with Gasteiger partial charge in [0, 0.05) is 52.3 Å². The number of hydrogen-bond donors (Lipinski definition) is 2. The molecule has 0 aromatic heterocycles. The molecule has 3 rings (SSSR count). The van der Waals surface area contributed by atoms with E-state index >= 15 is 0 Å². The van der Waals surface area contributed by atoms with Crippen LogP contribution in [0, 0.1) is 0 Å². The van der Waals surface area contributed by atoms with Crippen molar-refractivity contribution >= 4 is 41.8 Å². The SMILES string of the molecule is CCNC(=NCCC(=O)NCc1ccccc1)N1CCN(C(=O)C2CCCO2)CC1.I. The van der Waals surface area contributed by atoms with Gasteiger partial charge >= 0.3 is 0 Å². The van der Waals surface area contributed by atoms with Crippen LogP contribution in [0.15, 0.2) is 35.3 Å². The average Bonchev–Trinajstić information content (AvgIpc) is 3.32. The lowest BCUT2D eigenvalue weighted by Crippen LogP contribution is -2.55. The van der Waals surface area contributed by atoms with Crippen molar-refractivity contribution < 1.29 is 14.3 Å². The molecule has 2 heterocycles. The van der Waals surface area contributed by atoms with E-state index in [0.29, 0.717) is 39.2 Å². The minimum Gasteiger partial charge on any atom is -0.368 e. The lowest BCUT2D eigenvalue weighted by molar-refractivity contribution is -0.142. The summed E-state index contributed by atoms with van der Waals surface area (Å²) in [6, 6.07) is 9.86. The topological polar surface area (TPSA) is 86.3 Å². The predicted molar refractivity (Wildman–Crippen MR) is 131 cm³/mol. The predicted octanol–water partition coefficient (Wildman–Crippen LogP) is 1.60. The smallest absolute Gasteiger partial charge is 0.251 e. The molecule has 172 valence electrons. The van der Waals surface area contributed by atoms with E-state index in [1.54, 1.807) is 0 Å². The molecular weight excluding hydrogens is 509 g/mol. The molecule has 31 heavy (non-hydrogen) atoms. The first-order valence-electron chi connectivity index (χ1n) is 10.9. The fraction of sp³-hybridized carbons (Fsp3) is 0.591. The quantitative estimate of drug-likeness (QED) is 0.310. The Hall–Kier alpha value is -1.88. The van der Waals surface area contributed by atoms with Crippen molar-refractivity contribution in [2.24, 2.45) is 4.99 Å². The van der Waals surface area contributed by atoms with Crippen LogP contribution < -0.4 is 10.6 Å². The fourth-order valence-corrected chi connectivity index (χ4v) is 3.69. The van der Waals surface area contributed by atoms with Crippen molar-refractivity contribution in [2.75, 3.05) is 45.9 Å². The number of nitrogens with zero attached hydrogens (tertiary/aromatic N) is 3. The standard InChI is InChI=1S/C22H33N5O3.HI/c1-2-23-22(24-11-10-20(28)25-17-18-7-4-3-5-8-18)27-14-12-26(13-15-27)21(29)19-9-6-16-30-19;/h3-5,7-8,19H,2,6,9-17H2,1H3,(H,23,24)(H,25,28);1H. The van der Waals surface area contributed by atoms with Crippen LogP contribution in [0.4, 0.5) is 0 Å². The Bertz CT molecular complexity index is 717. The summed E-state index contributed by atoms with van der Waals surface area (Å²) in [7, 11) is 0. The second-order valence-electron chi connectivity index (χ2n) is 7.56. The molecule has 2 amide bonds. The normalized spacial score (nSPS) is 19.0. The molecule has 2 fully saturated rings. The van der Waals surface area contributed by atoms with E-state index < -0.39 is 0 Å². The summed E-state index contributed by atoms with van der Waals surface area (Å²) in [5.74, 6) is 0.909. The maximum Gasteiger partial charge on any atom is 0.251 e. The van der Waals surface area contributed by atoms with Crippen molar-refractivity contribution in [3.8, 4) is 0 Å². The van der Waals surface area contributed by atoms with Gasteiger partial charge in [-0.05, 0) is 25.3 Å². The summed E-state index contributed by atoms with van der Waals surface area (Å²) in [4.78, 5) is 33.3. The Labute approximate surface area is 201 Å². The lowest BCUT2D eigenvalue weighted by Gasteiger charge is -2.37. The van der Waals surface area contributed by atoms with Crippen LogP contribution >= 0.6 is 24.0 Å². The molecule has 2 N–H and O–H groups in total. The number of halogens is 1. The van der Waals surface area contributed by atoms with Crippen LogP contribution in [-0.4, -0.2) is 79.6 Å². The molecule has 0 bridgehead atoms. The molecule has 1 atom stereocenters. The lowest BCUT2D eigenvalue weighted by atomic mass is 10.2. The Morgan fingerprint density at radius 3 is 2.45 bits per heavy atom. The third-order valence-corrected chi connectivity index (χ3v) is 5.36. The third kappa shape index (κ3) is 7.95. The molecule has 1 aromatic carbocycles. The monoisotopic (exact) mass is 543 g/mol. The second-order valence-corrected chi connectivity index (χ2v) is 7.56. The number of nitrogens with one attached hydrogen (secondary N) is 2. The number of benzene rings is 1. The zero-order valence-corrected chi connectivity index (χ0v) is 20.5. The summed E-state index contributed by atoms with van der Waals surface area (Å²) in [6.45, 7) is 7.22. The van der Waals surface area contributed by atoms with Gasteiger partial charge in [0.2, 0.25) is 5.91 Å². The van der Waals surface area contributed by atoms with Crippen LogP contribution in [0.1, 0.15) is 31.7 Å². The van der Waals surface area contributed by atoms with Gasteiger partial charge in [-0.2, -0.15) is 0 Å². The summed E-state index contributed by atoms with van der Waals surface area (Å²) < 4.78 is 5.53.